The van der Waals surface area contributed by atoms with Crippen LogP contribution in [0.25, 0.3) is 0 Å². The molecule has 38 heavy (non-hydrogen) atoms. The lowest BCUT2D eigenvalue weighted by molar-refractivity contribution is -0.155. The highest BCUT2D eigenvalue weighted by molar-refractivity contribution is 6.99. The van der Waals surface area contributed by atoms with E-state index < -0.39 is 50.3 Å². The van der Waals surface area contributed by atoms with Crippen LogP contribution in [-0.2, 0) is 23.4 Å². The third-order valence-electron chi connectivity index (χ3n) is 7.27. The monoisotopic (exact) mass is 538 g/mol. The molecule has 10 heteroatoms. The van der Waals surface area contributed by atoms with Crippen LogP contribution in [0.5, 0.6) is 0 Å². The Morgan fingerprint density at radius 2 is 1.47 bits per heavy atom. The number of fused-ring (bicyclic) bond motifs is 1. The van der Waals surface area contributed by atoms with Crippen LogP contribution in [0.15, 0.2) is 76.4 Å². The Hall–Kier alpha value is -2.86. The smallest absolute Gasteiger partial charge is 0.325 e. The molecule has 0 saturated carbocycles. The average molecular weight is 539 g/mol. The van der Waals surface area contributed by atoms with Crippen molar-refractivity contribution < 1.29 is 23.4 Å². The third-order valence-corrected chi connectivity index (χ3v) is 12.3. The molecule has 2 aliphatic heterocycles. The van der Waals surface area contributed by atoms with E-state index in [9.17, 15) is 9.59 Å². The van der Waals surface area contributed by atoms with E-state index in [0.29, 0.717) is 0 Å². The van der Waals surface area contributed by atoms with Gasteiger partial charge in [0.15, 0.2) is 6.29 Å². The molecule has 2 aliphatic rings. The summed E-state index contributed by atoms with van der Waals surface area (Å²) in [4.78, 5) is 29.1. The fraction of sp³-hybridized carbons (Fsp3) is 0.429. The van der Waals surface area contributed by atoms with Crippen molar-refractivity contribution in [3.05, 3.63) is 93.3 Å². The zero-order valence-corrected chi connectivity index (χ0v) is 23.0. The lowest BCUT2D eigenvalue weighted by Crippen LogP contribution is -2.67. The van der Waals surface area contributed by atoms with Gasteiger partial charge in [0.2, 0.25) is 0 Å². The lowest BCUT2D eigenvalue weighted by Gasteiger charge is -2.43. The van der Waals surface area contributed by atoms with Crippen LogP contribution in [0.3, 0.4) is 0 Å². The quantitative estimate of drug-likeness (QED) is 0.421. The van der Waals surface area contributed by atoms with Crippen molar-refractivity contribution in [2.45, 2.75) is 56.5 Å². The highest BCUT2D eigenvalue weighted by Crippen LogP contribution is 2.43. The molecular weight excluding hydrogens is 504 g/mol. The molecule has 5 atom stereocenters. The summed E-state index contributed by atoms with van der Waals surface area (Å²) in [6.45, 7) is 7.11. The van der Waals surface area contributed by atoms with E-state index in [1.165, 1.54) is 6.20 Å². The fourth-order valence-corrected chi connectivity index (χ4v) is 10.2. The molecule has 2 aromatic carbocycles. The van der Waals surface area contributed by atoms with Crippen molar-refractivity contribution in [3.8, 4) is 0 Å². The van der Waals surface area contributed by atoms with E-state index in [1.54, 1.807) is 7.11 Å². The summed E-state index contributed by atoms with van der Waals surface area (Å²) in [7, 11) is -1.25. The molecule has 0 aliphatic carbocycles. The largest absolute Gasteiger partial charge is 0.405 e. The van der Waals surface area contributed by atoms with E-state index >= 15 is 0 Å². The fourth-order valence-electron chi connectivity index (χ4n) is 5.62. The van der Waals surface area contributed by atoms with Gasteiger partial charge in [-0.15, -0.1) is 0 Å². The normalized spacial score (nSPS) is 25.4. The van der Waals surface area contributed by atoms with Crippen molar-refractivity contribution in [2.75, 3.05) is 20.3 Å². The van der Waals surface area contributed by atoms with E-state index in [1.807, 2.05) is 36.4 Å². The van der Waals surface area contributed by atoms with Crippen molar-refractivity contribution in [1.82, 2.24) is 9.97 Å². The molecule has 0 bridgehead atoms. The summed E-state index contributed by atoms with van der Waals surface area (Å²) in [5, 5.41) is 2.10. The Kier molecular flexibility index (Phi) is 7.54. The van der Waals surface area contributed by atoms with E-state index in [2.05, 4.69) is 55.0 Å². The SMILES string of the molecule is COCC1O[C@@H]2[C@H](O1)[C@@H](CO[Si](c1ccccc1)(c1ccccc1)C(C)(C)C)O[C@H]2c1c[nH]c(=O)[nH]c1=O. The minimum atomic E-state index is -2.83. The summed E-state index contributed by atoms with van der Waals surface area (Å²) in [6, 6.07) is 20.7. The number of hydrogen-bond acceptors (Lipinski definition) is 7. The predicted octanol–water partition coefficient (Wildman–Crippen LogP) is 1.84. The standard InChI is InChI=1S/C28H34N2O7Si/c1-28(2,3)38(18-11-7-5-8-12-18,19-13-9-6-10-14-19)34-16-21-24-25(37-22(36-24)17-33-4)23(35-21)20-15-29-27(32)30-26(20)31/h5-15,21-25H,16-17H2,1-4H3,(H2,29,30,31,32)/t21-,22?,23+,24-,25+/m1/s1. The van der Waals surface area contributed by atoms with Gasteiger partial charge < -0.3 is 28.4 Å². The Balaban J connectivity index is 1.51. The van der Waals surface area contributed by atoms with Crippen molar-refractivity contribution in [3.63, 3.8) is 0 Å². The first kappa shape index (κ1) is 26.7. The van der Waals surface area contributed by atoms with Crippen molar-refractivity contribution in [1.29, 1.82) is 0 Å². The maximum absolute atomic E-state index is 12.6. The van der Waals surface area contributed by atoms with Gasteiger partial charge in [0.25, 0.3) is 13.9 Å². The summed E-state index contributed by atoms with van der Waals surface area (Å²) in [6.07, 6.45) is -1.52. The first-order chi connectivity index (χ1) is 18.2. The van der Waals surface area contributed by atoms with Gasteiger partial charge in [0.1, 0.15) is 24.4 Å². The van der Waals surface area contributed by atoms with Crippen LogP contribution >= 0.6 is 0 Å². The van der Waals surface area contributed by atoms with Gasteiger partial charge in [-0.05, 0) is 15.4 Å². The van der Waals surface area contributed by atoms with E-state index in [-0.39, 0.29) is 23.8 Å². The molecule has 2 N–H and O–H groups in total. The number of ether oxygens (including phenoxy) is 4. The lowest BCUT2D eigenvalue weighted by atomic mass is 10.0. The average Bonchev–Trinajstić information content (AvgIpc) is 3.45. The second-order valence-electron chi connectivity index (χ2n) is 10.7. The Labute approximate surface area is 222 Å². The molecule has 0 radical (unpaired) electrons. The molecule has 9 nitrogen and oxygen atoms in total. The van der Waals surface area contributed by atoms with Gasteiger partial charge in [0, 0.05) is 13.3 Å². The Morgan fingerprint density at radius 3 is 2.03 bits per heavy atom. The molecule has 0 spiro atoms. The second kappa shape index (κ2) is 10.7. The summed E-state index contributed by atoms with van der Waals surface area (Å²) >= 11 is 0. The maximum Gasteiger partial charge on any atom is 0.325 e. The number of H-pyrrole nitrogens is 2. The van der Waals surface area contributed by atoms with E-state index in [0.717, 1.165) is 10.4 Å². The zero-order chi connectivity index (χ0) is 26.9. The van der Waals surface area contributed by atoms with Gasteiger partial charge in [-0.1, -0.05) is 81.4 Å². The molecule has 1 aromatic heterocycles. The van der Waals surface area contributed by atoms with Crippen LogP contribution in [0.4, 0.5) is 0 Å². The van der Waals surface area contributed by atoms with Crippen molar-refractivity contribution in [2.24, 2.45) is 0 Å². The first-order valence-electron chi connectivity index (χ1n) is 12.8. The number of nitrogens with one attached hydrogen (secondary N) is 2. The van der Waals surface area contributed by atoms with Crippen molar-refractivity contribution >= 4 is 18.7 Å². The maximum atomic E-state index is 12.6. The predicted molar refractivity (Wildman–Crippen MR) is 144 cm³/mol. The molecule has 3 heterocycles. The molecule has 2 saturated heterocycles. The van der Waals surface area contributed by atoms with Crippen LogP contribution in [0, 0.1) is 0 Å². The molecule has 2 fully saturated rings. The van der Waals surface area contributed by atoms with Gasteiger partial charge in [0.05, 0.1) is 18.8 Å². The molecule has 5 rings (SSSR count). The minimum absolute atomic E-state index is 0.213. The van der Waals surface area contributed by atoms with Crippen LogP contribution in [0.2, 0.25) is 5.04 Å². The third kappa shape index (κ3) is 4.83. The number of hydrogen-bond donors (Lipinski definition) is 2. The molecule has 202 valence electrons. The zero-order valence-electron chi connectivity index (χ0n) is 22.0. The van der Waals surface area contributed by atoms with Gasteiger partial charge >= 0.3 is 5.69 Å². The Bertz CT molecular complexity index is 1300. The van der Waals surface area contributed by atoms with E-state index in [4.69, 9.17) is 23.4 Å². The van der Waals surface area contributed by atoms with Gasteiger partial charge in [-0.25, -0.2) is 4.79 Å². The molecular formula is C28H34N2O7Si. The highest BCUT2D eigenvalue weighted by Gasteiger charge is 2.56. The summed E-state index contributed by atoms with van der Waals surface area (Å²) < 4.78 is 31.1. The number of methoxy groups -OCH3 is 1. The molecule has 0 amide bonds. The van der Waals surface area contributed by atoms with Gasteiger partial charge in [-0.2, -0.15) is 0 Å². The van der Waals surface area contributed by atoms with Crippen LogP contribution in [-0.4, -0.2) is 63.2 Å². The number of aromatic amines is 2. The molecule has 3 aromatic rings. The number of rotatable bonds is 8. The number of benzene rings is 2. The number of aromatic nitrogens is 2. The van der Waals surface area contributed by atoms with Gasteiger partial charge in [-0.3, -0.25) is 9.78 Å². The summed E-state index contributed by atoms with van der Waals surface area (Å²) in [5.74, 6) is 0. The first-order valence-corrected chi connectivity index (χ1v) is 14.7. The topological polar surface area (TPSA) is 112 Å². The molecule has 1 unspecified atom stereocenters. The summed E-state index contributed by atoms with van der Waals surface area (Å²) in [5.41, 5.74) is -0.834. The van der Waals surface area contributed by atoms with Crippen LogP contribution < -0.4 is 21.6 Å². The van der Waals surface area contributed by atoms with Crippen LogP contribution in [0.1, 0.15) is 32.4 Å². The Morgan fingerprint density at radius 1 is 0.868 bits per heavy atom. The second-order valence-corrected chi connectivity index (χ2v) is 15.0. The highest BCUT2D eigenvalue weighted by atomic mass is 28.4. The minimum Gasteiger partial charge on any atom is -0.405 e.